The molecule has 1 aromatic carbocycles. The van der Waals surface area contributed by atoms with Gasteiger partial charge in [0.25, 0.3) is 0 Å². The number of thiazole rings is 1. The van der Waals surface area contributed by atoms with Crippen LogP contribution in [-0.4, -0.2) is 11.0 Å². The molecule has 0 aliphatic heterocycles. The molecule has 0 amide bonds. The molecule has 3 heteroatoms. The first-order valence-electron chi connectivity index (χ1n) is 6.29. The summed E-state index contributed by atoms with van der Waals surface area (Å²) in [6, 6.07) is 6.95. The molecule has 0 aliphatic carbocycles. The van der Waals surface area contributed by atoms with Gasteiger partial charge < -0.3 is 5.32 Å². The number of hydrogen-bond acceptors (Lipinski definition) is 3. The molecule has 1 aromatic heterocycles. The van der Waals surface area contributed by atoms with Gasteiger partial charge in [-0.25, -0.2) is 4.98 Å². The maximum Gasteiger partial charge on any atom is 0.183 e. The molecule has 1 heterocycles. The molecule has 0 atom stereocenters. The zero-order chi connectivity index (χ0) is 13.3. The average Bonchev–Trinajstić information content (AvgIpc) is 2.62. The fraction of sp³-hybridized carbons (Fsp3) is 0.400. The normalized spacial score (nSPS) is 11.0. The third-order valence-electron chi connectivity index (χ3n) is 2.86. The van der Waals surface area contributed by atoms with E-state index in [1.165, 1.54) is 21.6 Å². The summed E-state index contributed by atoms with van der Waals surface area (Å²) in [4.78, 5) is 6.00. The van der Waals surface area contributed by atoms with Crippen LogP contribution in [0.25, 0.3) is 11.3 Å². The standard InChI is InChI=1S/C15H20N2S/c1-9(2)16-15-17-14(12(5)18-15)13-8-10(3)6-7-11(13)4/h6-9H,1-5H3,(H,16,17). The summed E-state index contributed by atoms with van der Waals surface area (Å²) in [5.41, 5.74) is 4.93. The summed E-state index contributed by atoms with van der Waals surface area (Å²) < 4.78 is 0. The largest absolute Gasteiger partial charge is 0.359 e. The Morgan fingerprint density at radius 2 is 1.89 bits per heavy atom. The number of hydrogen-bond donors (Lipinski definition) is 1. The Hall–Kier alpha value is -1.35. The molecule has 96 valence electrons. The molecular weight excluding hydrogens is 240 g/mol. The molecule has 0 spiro atoms. The molecule has 0 unspecified atom stereocenters. The number of aromatic nitrogens is 1. The van der Waals surface area contributed by atoms with Crippen molar-refractivity contribution in [1.82, 2.24) is 4.98 Å². The van der Waals surface area contributed by atoms with Gasteiger partial charge in [0.05, 0.1) is 5.69 Å². The van der Waals surface area contributed by atoms with E-state index in [1.54, 1.807) is 11.3 Å². The SMILES string of the molecule is Cc1ccc(C)c(-c2nc(NC(C)C)sc2C)c1. The number of benzene rings is 1. The van der Waals surface area contributed by atoms with Crippen LogP contribution in [-0.2, 0) is 0 Å². The Balaban J connectivity index is 2.44. The Morgan fingerprint density at radius 1 is 1.17 bits per heavy atom. The van der Waals surface area contributed by atoms with Gasteiger partial charge in [0.15, 0.2) is 5.13 Å². The molecular formula is C15H20N2S. The molecule has 0 aliphatic rings. The van der Waals surface area contributed by atoms with Crippen molar-refractivity contribution < 1.29 is 0 Å². The molecule has 0 saturated carbocycles. The summed E-state index contributed by atoms with van der Waals surface area (Å²) in [6.07, 6.45) is 0. The molecule has 2 aromatic rings. The van der Waals surface area contributed by atoms with E-state index in [0.29, 0.717) is 6.04 Å². The third-order valence-corrected chi connectivity index (χ3v) is 3.76. The number of nitrogens with zero attached hydrogens (tertiary/aromatic N) is 1. The molecule has 1 N–H and O–H groups in total. The van der Waals surface area contributed by atoms with E-state index < -0.39 is 0 Å². The minimum atomic E-state index is 0.419. The van der Waals surface area contributed by atoms with Crippen molar-refractivity contribution in [3.8, 4) is 11.3 Å². The van der Waals surface area contributed by atoms with Crippen LogP contribution in [0.1, 0.15) is 29.9 Å². The molecule has 0 saturated heterocycles. The maximum atomic E-state index is 4.73. The zero-order valence-corrected chi connectivity index (χ0v) is 12.5. The van der Waals surface area contributed by atoms with Gasteiger partial charge in [-0.1, -0.05) is 17.7 Å². The number of aryl methyl sites for hydroxylation is 3. The van der Waals surface area contributed by atoms with E-state index in [0.717, 1.165) is 10.8 Å². The van der Waals surface area contributed by atoms with Gasteiger partial charge in [-0.05, 0) is 46.2 Å². The highest BCUT2D eigenvalue weighted by Crippen LogP contribution is 2.32. The Morgan fingerprint density at radius 3 is 2.56 bits per heavy atom. The highest BCUT2D eigenvalue weighted by Gasteiger charge is 2.12. The Bertz CT molecular complexity index is 556. The molecule has 2 rings (SSSR count). The predicted molar refractivity (Wildman–Crippen MR) is 80.5 cm³/mol. The fourth-order valence-electron chi connectivity index (χ4n) is 1.95. The van der Waals surface area contributed by atoms with Crippen LogP contribution in [0.2, 0.25) is 0 Å². The fourth-order valence-corrected chi connectivity index (χ4v) is 2.92. The monoisotopic (exact) mass is 260 g/mol. The highest BCUT2D eigenvalue weighted by atomic mass is 32.1. The highest BCUT2D eigenvalue weighted by molar-refractivity contribution is 7.16. The smallest absolute Gasteiger partial charge is 0.183 e. The van der Waals surface area contributed by atoms with Gasteiger partial charge in [0.2, 0.25) is 0 Å². The van der Waals surface area contributed by atoms with E-state index in [2.05, 4.69) is 58.1 Å². The van der Waals surface area contributed by atoms with Crippen molar-refractivity contribution >= 4 is 16.5 Å². The lowest BCUT2D eigenvalue weighted by Gasteiger charge is -2.06. The van der Waals surface area contributed by atoms with Crippen molar-refractivity contribution in [2.24, 2.45) is 0 Å². The molecule has 0 fully saturated rings. The van der Waals surface area contributed by atoms with Gasteiger partial charge >= 0.3 is 0 Å². The van der Waals surface area contributed by atoms with Crippen LogP contribution in [0.5, 0.6) is 0 Å². The summed E-state index contributed by atoms with van der Waals surface area (Å²) in [6.45, 7) is 10.7. The van der Waals surface area contributed by atoms with Crippen LogP contribution in [0.15, 0.2) is 18.2 Å². The van der Waals surface area contributed by atoms with E-state index in [1.807, 2.05) is 0 Å². The number of anilines is 1. The van der Waals surface area contributed by atoms with E-state index >= 15 is 0 Å². The lowest BCUT2D eigenvalue weighted by Crippen LogP contribution is -2.09. The second-order valence-corrected chi connectivity index (χ2v) is 6.24. The molecule has 0 bridgehead atoms. The van der Waals surface area contributed by atoms with Crippen LogP contribution >= 0.6 is 11.3 Å². The van der Waals surface area contributed by atoms with Crippen LogP contribution in [0, 0.1) is 20.8 Å². The topological polar surface area (TPSA) is 24.9 Å². The minimum Gasteiger partial charge on any atom is -0.359 e. The zero-order valence-electron chi connectivity index (χ0n) is 11.7. The first-order chi connectivity index (χ1) is 8.47. The van der Waals surface area contributed by atoms with Crippen LogP contribution in [0.3, 0.4) is 0 Å². The Kier molecular flexibility index (Phi) is 3.71. The quantitative estimate of drug-likeness (QED) is 0.875. The average molecular weight is 260 g/mol. The molecule has 18 heavy (non-hydrogen) atoms. The van der Waals surface area contributed by atoms with Gasteiger partial charge in [0.1, 0.15) is 0 Å². The first-order valence-corrected chi connectivity index (χ1v) is 7.10. The predicted octanol–water partition coefficient (Wildman–Crippen LogP) is 4.56. The summed E-state index contributed by atoms with van der Waals surface area (Å²) in [7, 11) is 0. The van der Waals surface area contributed by atoms with Crippen molar-refractivity contribution in [3.05, 3.63) is 34.2 Å². The van der Waals surface area contributed by atoms with Gasteiger partial charge in [-0.15, -0.1) is 11.3 Å². The summed E-state index contributed by atoms with van der Waals surface area (Å²) in [5.74, 6) is 0. The van der Waals surface area contributed by atoms with E-state index in [-0.39, 0.29) is 0 Å². The summed E-state index contributed by atoms with van der Waals surface area (Å²) in [5, 5.41) is 4.39. The maximum absolute atomic E-state index is 4.73. The Labute approximate surface area is 113 Å². The van der Waals surface area contributed by atoms with Gasteiger partial charge in [-0.2, -0.15) is 0 Å². The second-order valence-electron chi connectivity index (χ2n) is 5.04. The molecule has 0 radical (unpaired) electrons. The van der Waals surface area contributed by atoms with Gasteiger partial charge in [-0.3, -0.25) is 0 Å². The van der Waals surface area contributed by atoms with Crippen molar-refractivity contribution in [2.75, 3.05) is 5.32 Å². The van der Waals surface area contributed by atoms with Gasteiger partial charge in [0, 0.05) is 16.5 Å². The van der Waals surface area contributed by atoms with Crippen LogP contribution in [0.4, 0.5) is 5.13 Å². The lowest BCUT2D eigenvalue weighted by atomic mass is 10.0. The third kappa shape index (κ3) is 2.72. The van der Waals surface area contributed by atoms with E-state index in [9.17, 15) is 0 Å². The van der Waals surface area contributed by atoms with Crippen molar-refractivity contribution in [2.45, 2.75) is 40.7 Å². The second kappa shape index (κ2) is 5.11. The number of rotatable bonds is 3. The molecule has 2 nitrogen and oxygen atoms in total. The lowest BCUT2D eigenvalue weighted by molar-refractivity contribution is 0.896. The van der Waals surface area contributed by atoms with Crippen molar-refractivity contribution in [1.29, 1.82) is 0 Å². The number of nitrogens with one attached hydrogen (secondary N) is 1. The summed E-state index contributed by atoms with van der Waals surface area (Å²) >= 11 is 1.73. The minimum absolute atomic E-state index is 0.419. The van der Waals surface area contributed by atoms with E-state index in [4.69, 9.17) is 4.98 Å². The first kappa shape index (κ1) is 13.1. The van der Waals surface area contributed by atoms with Crippen LogP contribution < -0.4 is 5.32 Å². The van der Waals surface area contributed by atoms with Crippen molar-refractivity contribution in [3.63, 3.8) is 0 Å².